The van der Waals surface area contributed by atoms with Gasteiger partial charge in [0.15, 0.2) is 0 Å². The van der Waals surface area contributed by atoms with E-state index in [1.165, 1.54) is 46.2 Å². The van der Waals surface area contributed by atoms with E-state index in [0.29, 0.717) is 41.1 Å². The molecule has 2 aliphatic rings. The second-order valence-electron chi connectivity index (χ2n) is 12.3. The maximum absolute atomic E-state index is 13.2. The minimum atomic E-state index is -0.309. The number of fused-ring (bicyclic) bond motifs is 2. The number of aromatic nitrogens is 3. The summed E-state index contributed by atoms with van der Waals surface area (Å²) < 4.78 is 0. The summed E-state index contributed by atoms with van der Waals surface area (Å²) in [6.45, 7) is 15.1. The first-order valence-corrected chi connectivity index (χ1v) is 15.4. The molecule has 0 spiro atoms. The molecular formula is C34H42N6O3. The van der Waals surface area contributed by atoms with Gasteiger partial charge in [0.2, 0.25) is 0 Å². The number of H-pyrrole nitrogens is 2. The fraction of sp³-hybridized carbons (Fsp3) is 0.441. The highest BCUT2D eigenvalue weighted by Crippen LogP contribution is 2.31. The van der Waals surface area contributed by atoms with Crippen molar-refractivity contribution >= 4 is 22.6 Å². The number of hydrogen-bond donors (Lipinski definition) is 4. The van der Waals surface area contributed by atoms with Gasteiger partial charge in [-0.1, -0.05) is 0 Å². The Labute approximate surface area is 252 Å². The lowest BCUT2D eigenvalue weighted by atomic mass is 9.87. The molecular weight excluding hydrogens is 540 g/mol. The van der Waals surface area contributed by atoms with Crippen molar-refractivity contribution in [3.05, 3.63) is 79.3 Å². The number of aliphatic hydroxyl groups is 1. The van der Waals surface area contributed by atoms with Crippen LogP contribution in [0.3, 0.4) is 0 Å². The van der Waals surface area contributed by atoms with Gasteiger partial charge in [0, 0.05) is 31.4 Å². The Bertz CT molecular complexity index is 1740. The first kappa shape index (κ1) is 29.1. The summed E-state index contributed by atoms with van der Waals surface area (Å²) in [6.07, 6.45) is 4.69. The highest BCUT2D eigenvalue weighted by molar-refractivity contribution is 6.02. The monoisotopic (exact) mass is 582 g/mol. The van der Waals surface area contributed by atoms with E-state index in [9.17, 15) is 14.7 Å². The van der Waals surface area contributed by atoms with Crippen molar-refractivity contribution in [2.24, 2.45) is 0 Å². The fourth-order valence-electron chi connectivity index (χ4n) is 6.79. The van der Waals surface area contributed by atoms with Crippen LogP contribution in [0.4, 0.5) is 5.69 Å². The summed E-state index contributed by atoms with van der Waals surface area (Å²) in [6, 6.07) is 5.33. The Morgan fingerprint density at radius 1 is 0.977 bits per heavy atom. The SMILES string of the molecule is Cc1c(C)c(C)c(C[C@H](CO)Nc2cc[nH]c(=O)c2-c2nc3cc4c(cc3[nH]2)CN(CCN2CCCC2)C4=O)c(C)c1C. The maximum atomic E-state index is 13.2. The molecule has 0 bridgehead atoms. The van der Waals surface area contributed by atoms with Gasteiger partial charge in [-0.3, -0.25) is 9.59 Å². The Kier molecular flexibility index (Phi) is 7.87. The molecule has 4 aromatic rings. The smallest absolute Gasteiger partial charge is 0.261 e. The van der Waals surface area contributed by atoms with Gasteiger partial charge in [0.05, 0.1) is 29.4 Å². The quantitative estimate of drug-likeness (QED) is 0.231. The first-order valence-electron chi connectivity index (χ1n) is 15.4. The number of rotatable bonds is 9. The highest BCUT2D eigenvalue weighted by Gasteiger charge is 2.29. The molecule has 226 valence electrons. The van der Waals surface area contributed by atoms with Gasteiger partial charge >= 0.3 is 0 Å². The molecule has 1 fully saturated rings. The highest BCUT2D eigenvalue weighted by atomic mass is 16.3. The Hall–Kier alpha value is -3.95. The van der Waals surface area contributed by atoms with Crippen molar-refractivity contribution in [1.29, 1.82) is 0 Å². The summed E-state index contributed by atoms with van der Waals surface area (Å²) >= 11 is 0. The van der Waals surface area contributed by atoms with Crippen LogP contribution in [0.5, 0.6) is 0 Å². The lowest BCUT2D eigenvalue weighted by molar-refractivity contribution is 0.0763. The molecule has 1 saturated heterocycles. The van der Waals surface area contributed by atoms with E-state index < -0.39 is 0 Å². The van der Waals surface area contributed by atoms with Crippen LogP contribution in [-0.2, 0) is 13.0 Å². The number of aromatic amines is 2. The lowest BCUT2D eigenvalue weighted by Gasteiger charge is -2.24. The number of benzene rings is 2. The van der Waals surface area contributed by atoms with Crippen molar-refractivity contribution in [2.75, 3.05) is 38.1 Å². The van der Waals surface area contributed by atoms with E-state index in [1.54, 1.807) is 12.3 Å². The zero-order valence-corrected chi connectivity index (χ0v) is 25.9. The molecule has 6 rings (SSSR count). The molecule has 43 heavy (non-hydrogen) atoms. The van der Waals surface area contributed by atoms with Crippen LogP contribution < -0.4 is 10.9 Å². The summed E-state index contributed by atoms with van der Waals surface area (Å²) in [7, 11) is 0. The van der Waals surface area contributed by atoms with Crippen LogP contribution in [0.2, 0.25) is 0 Å². The number of imidazole rings is 1. The van der Waals surface area contributed by atoms with Crippen molar-refractivity contribution in [3.63, 3.8) is 0 Å². The summed E-state index contributed by atoms with van der Waals surface area (Å²) in [5.74, 6) is 0.464. The van der Waals surface area contributed by atoms with Crippen LogP contribution in [0.25, 0.3) is 22.4 Å². The van der Waals surface area contributed by atoms with E-state index >= 15 is 0 Å². The molecule has 2 aromatic carbocycles. The van der Waals surface area contributed by atoms with Gasteiger partial charge in [-0.15, -0.1) is 0 Å². The van der Waals surface area contributed by atoms with E-state index in [-0.39, 0.29) is 24.1 Å². The van der Waals surface area contributed by atoms with Crippen molar-refractivity contribution < 1.29 is 9.90 Å². The minimum absolute atomic E-state index is 0.0403. The third kappa shape index (κ3) is 5.36. The van der Waals surface area contributed by atoms with Gasteiger partial charge in [-0.25, -0.2) is 4.98 Å². The number of aliphatic hydroxyl groups excluding tert-OH is 1. The van der Waals surface area contributed by atoms with E-state index in [2.05, 4.69) is 54.8 Å². The van der Waals surface area contributed by atoms with Gasteiger partial charge in [0.25, 0.3) is 11.5 Å². The molecule has 1 amide bonds. The predicted octanol–water partition coefficient (Wildman–Crippen LogP) is 4.53. The molecule has 4 heterocycles. The molecule has 4 N–H and O–H groups in total. The van der Waals surface area contributed by atoms with Gasteiger partial charge < -0.3 is 30.2 Å². The topological polar surface area (TPSA) is 117 Å². The van der Waals surface area contributed by atoms with Gasteiger partial charge in [0.1, 0.15) is 11.4 Å². The molecule has 0 unspecified atom stereocenters. The second kappa shape index (κ2) is 11.6. The summed E-state index contributed by atoms with van der Waals surface area (Å²) in [5.41, 5.74) is 11.3. The Morgan fingerprint density at radius 3 is 2.37 bits per heavy atom. The molecule has 9 nitrogen and oxygen atoms in total. The van der Waals surface area contributed by atoms with Crippen molar-refractivity contribution in [3.8, 4) is 11.4 Å². The predicted molar refractivity (Wildman–Crippen MR) is 171 cm³/mol. The Balaban J connectivity index is 1.26. The first-order chi connectivity index (χ1) is 20.7. The van der Waals surface area contributed by atoms with Crippen molar-refractivity contribution in [1.82, 2.24) is 24.8 Å². The number of carbonyl (C=O) groups is 1. The zero-order chi connectivity index (χ0) is 30.4. The molecule has 0 radical (unpaired) electrons. The maximum Gasteiger partial charge on any atom is 0.261 e. The normalized spacial score (nSPS) is 16.0. The minimum Gasteiger partial charge on any atom is -0.394 e. The molecule has 2 aromatic heterocycles. The number of amides is 1. The third-order valence-corrected chi connectivity index (χ3v) is 9.85. The van der Waals surface area contributed by atoms with Gasteiger partial charge in [-0.05, 0) is 124 Å². The number of likely N-dealkylation sites (tertiary alicyclic amines) is 1. The molecule has 1 atom stereocenters. The second-order valence-corrected chi connectivity index (χ2v) is 12.3. The average molecular weight is 583 g/mol. The standard InChI is InChI=1S/C34H42N6O3/c1-19-20(2)22(4)26(23(5)21(19)3)15-25(18-41)36-28-8-9-35-33(42)31(28)32-37-29-14-24-17-40(13-12-39-10-6-7-11-39)34(43)27(24)16-30(29)38-32/h8-9,14,16,25,41H,6-7,10-13,15,17-18H2,1-5H3,(H,37,38)(H2,35,36,42)/t25-/m1/s1. The zero-order valence-electron chi connectivity index (χ0n) is 25.9. The number of nitrogens with zero attached hydrogens (tertiary/aromatic N) is 3. The van der Waals surface area contributed by atoms with Crippen LogP contribution in [-0.4, -0.2) is 74.6 Å². The van der Waals surface area contributed by atoms with Gasteiger partial charge in [-0.2, -0.15) is 0 Å². The third-order valence-electron chi connectivity index (χ3n) is 9.85. The van der Waals surface area contributed by atoms with Crippen LogP contribution >= 0.6 is 0 Å². The number of pyridine rings is 1. The van der Waals surface area contributed by atoms with Crippen molar-refractivity contribution in [2.45, 2.75) is 66.5 Å². The molecule has 0 aliphatic carbocycles. The molecule has 2 aliphatic heterocycles. The largest absolute Gasteiger partial charge is 0.394 e. The number of hydrogen-bond acceptors (Lipinski definition) is 6. The lowest BCUT2D eigenvalue weighted by Crippen LogP contribution is -2.33. The van der Waals surface area contributed by atoms with E-state index in [4.69, 9.17) is 4.98 Å². The molecule has 0 saturated carbocycles. The van der Waals surface area contributed by atoms with E-state index in [0.717, 1.165) is 37.3 Å². The van der Waals surface area contributed by atoms with Crippen LogP contribution in [0.1, 0.15) is 62.1 Å². The number of nitrogens with one attached hydrogen (secondary N) is 3. The summed E-state index contributed by atoms with van der Waals surface area (Å²) in [5, 5.41) is 13.8. The fourth-order valence-corrected chi connectivity index (χ4v) is 6.79. The number of anilines is 1. The summed E-state index contributed by atoms with van der Waals surface area (Å²) in [4.78, 5) is 41.6. The number of carbonyl (C=O) groups excluding carboxylic acids is 1. The molecule has 9 heteroatoms. The van der Waals surface area contributed by atoms with Crippen LogP contribution in [0, 0.1) is 34.6 Å². The Morgan fingerprint density at radius 2 is 1.67 bits per heavy atom. The average Bonchev–Trinajstić information content (AvgIpc) is 3.73. The van der Waals surface area contributed by atoms with Crippen LogP contribution in [0.15, 0.2) is 29.2 Å². The van der Waals surface area contributed by atoms with E-state index in [1.807, 2.05) is 17.0 Å².